The molecule has 0 unspecified atom stereocenters. The summed E-state index contributed by atoms with van der Waals surface area (Å²) in [6.07, 6.45) is 2.35. The summed E-state index contributed by atoms with van der Waals surface area (Å²) in [6, 6.07) is 16.9. The van der Waals surface area contributed by atoms with Crippen molar-refractivity contribution in [3.8, 4) is 0 Å². The quantitative estimate of drug-likeness (QED) is 0.561. The van der Waals surface area contributed by atoms with Crippen LogP contribution in [0, 0.1) is 0 Å². The number of carbonyl (C=O) groups excluding carboxylic acids is 2. The molecule has 1 saturated heterocycles. The normalized spacial score (nSPS) is 16.3. The Morgan fingerprint density at radius 3 is 2.21 bits per heavy atom. The lowest BCUT2D eigenvalue weighted by atomic mass is 9.92. The van der Waals surface area contributed by atoms with Gasteiger partial charge in [-0.05, 0) is 48.7 Å². The van der Waals surface area contributed by atoms with Gasteiger partial charge in [0.1, 0.15) is 0 Å². The molecule has 1 fully saturated rings. The smallest absolute Gasteiger partial charge is 0.261 e. The maximum atomic E-state index is 13.2. The monoisotopic (exact) mass is 371 g/mol. The van der Waals surface area contributed by atoms with Gasteiger partial charge < -0.3 is 10.6 Å². The summed E-state index contributed by atoms with van der Waals surface area (Å²) in [5, 5.41) is 1.78. The Morgan fingerprint density at radius 2 is 1.50 bits per heavy atom. The minimum absolute atomic E-state index is 0.238. The molecule has 2 aliphatic rings. The van der Waals surface area contributed by atoms with E-state index in [-0.39, 0.29) is 18.4 Å². The van der Waals surface area contributed by atoms with E-state index in [0.29, 0.717) is 16.8 Å². The number of nitrogens with two attached hydrogens (primary N) is 1. The number of nitrogens with zero attached hydrogens (tertiary/aromatic N) is 2. The molecule has 0 saturated carbocycles. The summed E-state index contributed by atoms with van der Waals surface area (Å²) in [6.45, 7) is 2.27. The van der Waals surface area contributed by atoms with Gasteiger partial charge in [0.25, 0.3) is 11.8 Å². The van der Waals surface area contributed by atoms with Crippen molar-refractivity contribution in [3.63, 3.8) is 0 Å². The molecule has 3 aromatic rings. The highest BCUT2D eigenvalue weighted by atomic mass is 16.2. The van der Waals surface area contributed by atoms with Crippen molar-refractivity contribution in [2.75, 3.05) is 23.7 Å². The second kappa shape index (κ2) is 6.37. The van der Waals surface area contributed by atoms with Crippen molar-refractivity contribution in [1.29, 1.82) is 0 Å². The molecule has 0 aromatic heterocycles. The third-order valence-electron chi connectivity index (χ3n) is 5.74. The highest BCUT2D eigenvalue weighted by Crippen LogP contribution is 2.37. The van der Waals surface area contributed by atoms with Crippen LogP contribution in [-0.2, 0) is 6.54 Å². The molecule has 2 amide bonds. The van der Waals surface area contributed by atoms with Crippen molar-refractivity contribution >= 4 is 34.0 Å². The van der Waals surface area contributed by atoms with Crippen molar-refractivity contribution in [2.45, 2.75) is 19.4 Å². The lowest BCUT2D eigenvalue weighted by molar-refractivity contribution is 0.0598. The third-order valence-corrected chi connectivity index (χ3v) is 5.74. The van der Waals surface area contributed by atoms with Crippen molar-refractivity contribution in [2.24, 2.45) is 0 Å². The van der Waals surface area contributed by atoms with Gasteiger partial charge in [0, 0.05) is 46.4 Å². The van der Waals surface area contributed by atoms with Gasteiger partial charge in [0.2, 0.25) is 0 Å². The molecule has 0 radical (unpaired) electrons. The molecule has 5 heteroatoms. The van der Waals surface area contributed by atoms with Gasteiger partial charge in [0.15, 0.2) is 0 Å². The zero-order valence-corrected chi connectivity index (χ0v) is 15.5. The first-order valence-electron chi connectivity index (χ1n) is 9.65. The van der Waals surface area contributed by atoms with Gasteiger partial charge in [-0.2, -0.15) is 0 Å². The van der Waals surface area contributed by atoms with Gasteiger partial charge in [-0.3, -0.25) is 14.5 Å². The Bertz CT molecular complexity index is 1080. The molecule has 0 aliphatic carbocycles. The third kappa shape index (κ3) is 2.54. The summed E-state index contributed by atoms with van der Waals surface area (Å²) in [5.41, 5.74) is 9.59. The number of hydrogen-bond acceptors (Lipinski definition) is 4. The summed E-state index contributed by atoms with van der Waals surface area (Å²) in [4.78, 5) is 30.0. The lowest BCUT2D eigenvalue weighted by Crippen LogP contribution is -2.39. The number of nitrogen functional groups attached to an aromatic ring is 1. The first-order valence-corrected chi connectivity index (χ1v) is 9.65. The van der Waals surface area contributed by atoms with Crippen molar-refractivity contribution in [1.82, 2.24) is 4.90 Å². The average molecular weight is 371 g/mol. The second-order valence-corrected chi connectivity index (χ2v) is 7.49. The van der Waals surface area contributed by atoms with Crippen LogP contribution in [0.25, 0.3) is 10.8 Å². The Balaban J connectivity index is 1.60. The van der Waals surface area contributed by atoms with Crippen LogP contribution in [0.15, 0.2) is 54.6 Å². The fourth-order valence-electron chi connectivity index (χ4n) is 4.31. The maximum absolute atomic E-state index is 13.2. The molecule has 2 N–H and O–H groups in total. The molecule has 140 valence electrons. The van der Waals surface area contributed by atoms with Gasteiger partial charge in [-0.25, -0.2) is 0 Å². The molecular formula is C23H21N3O2. The van der Waals surface area contributed by atoms with Gasteiger partial charge in [-0.15, -0.1) is 0 Å². The Kier molecular flexibility index (Phi) is 3.83. The first-order chi connectivity index (χ1) is 13.6. The molecule has 28 heavy (non-hydrogen) atoms. The molecule has 2 aliphatic heterocycles. The van der Waals surface area contributed by atoms with E-state index in [1.54, 1.807) is 12.1 Å². The predicted octanol–water partition coefficient (Wildman–Crippen LogP) is 3.82. The zero-order chi connectivity index (χ0) is 19.3. The van der Waals surface area contributed by atoms with Crippen LogP contribution in [-0.4, -0.2) is 29.8 Å². The molecule has 0 spiro atoms. The molecule has 2 heterocycles. The Labute approximate surface area is 163 Å². The van der Waals surface area contributed by atoms with Crippen LogP contribution in [0.4, 0.5) is 11.4 Å². The number of rotatable bonds is 3. The van der Waals surface area contributed by atoms with E-state index in [4.69, 9.17) is 5.73 Å². The standard InChI is InChI=1S/C23H21N3O2/c24-16-8-6-15(7-9-16)14-26-22(27)18-5-3-4-17-20(25-12-1-2-13-25)11-10-19(21(17)18)23(26)28/h3-11H,1-2,12-14,24H2. The number of anilines is 2. The molecule has 0 bridgehead atoms. The van der Waals surface area contributed by atoms with Crippen LogP contribution in [0.5, 0.6) is 0 Å². The number of hydrogen-bond donors (Lipinski definition) is 1. The summed E-state index contributed by atoms with van der Waals surface area (Å²) < 4.78 is 0. The van der Waals surface area contributed by atoms with Crippen LogP contribution < -0.4 is 10.6 Å². The molecule has 5 nitrogen and oxygen atoms in total. The topological polar surface area (TPSA) is 66.6 Å². The van der Waals surface area contributed by atoms with E-state index in [0.717, 1.165) is 35.1 Å². The number of carbonyl (C=O) groups is 2. The van der Waals surface area contributed by atoms with E-state index in [9.17, 15) is 9.59 Å². The highest BCUT2D eigenvalue weighted by Gasteiger charge is 2.33. The minimum atomic E-state index is -0.238. The van der Waals surface area contributed by atoms with Crippen LogP contribution in [0.1, 0.15) is 39.1 Å². The van der Waals surface area contributed by atoms with E-state index >= 15 is 0 Å². The van der Waals surface area contributed by atoms with Crippen LogP contribution in [0.2, 0.25) is 0 Å². The molecular weight excluding hydrogens is 350 g/mol. The summed E-state index contributed by atoms with van der Waals surface area (Å²) in [7, 11) is 0. The minimum Gasteiger partial charge on any atom is -0.399 e. The van der Waals surface area contributed by atoms with E-state index in [1.165, 1.54) is 17.7 Å². The highest BCUT2D eigenvalue weighted by molar-refractivity contribution is 6.26. The van der Waals surface area contributed by atoms with Gasteiger partial charge >= 0.3 is 0 Å². The number of imide groups is 1. The molecule has 5 rings (SSSR count). The Hall–Kier alpha value is -3.34. The number of amides is 2. The summed E-state index contributed by atoms with van der Waals surface area (Å²) in [5.74, 6) is -0.475. The van der Waals surface area contributed by atoms with E-state index in [1.807, 2.05) is 42.5 Å². The van der Waals surface area contributed by atoms with Gasteiger partial charge in [0.05, 0.1) is 6.54 Å². The van der Waals surface area contributed by atoms with E-state index in [2.05, 4.69) is 4.90 Å². The fraction of sp³-hybridized carbons (Fsp3) is 0.217. The van der Waals surface area contributed by atoms with Crippen LogP contribution in [0.3, 0.4) is 0 Å². The fourth-order valence-corrected chi connectivity index (χ4v) is 4.31. The largest absolute Gasteiger partial charge is 0.399 e. The predicted molar refractivity (Wildman–Crippen MR) is 110 cm³/mol. The number of benzene rings is 3. The van der Waals surface area contributed by atoms with Crippen molar-refractivity contribution < 1.29 is 9.59 Å². The SMILES string of the molecule is Nc1ccc(CN2C(=O)c3cccc4c(N5CCCC5)ccc(c34)C2=O)cc1. The molecule has 3 aromatic carbocycles. The van der Waals surface area contributed by atoms with Gasteiger partial charge in [-0.1, -0.05) is 24.3 Å². The zero-order valence-electron chi connectivity index (χ0n) is 15.5. The Morgan fingerprint density at radius 1 is 0.821 bits per heavy atom. The van der Waals surface area contributed by atoms with E-state index < -0.39 is 0 Å². The average Bonchev–Trinajstić information content (AvgIpc) is 3.25. The lowest BCUT2D eigenvalue weighted by Gasteiger charge is -2.29. The van der Waals surface area contributed by atoms with Crippen LogP contribution >= 0.6 is 0 Å². The first kappa shape index (κ1) is 16.8. The maximum Gasteiger partial charge on any atom is 0.261 e. The second-order valence-electron chi connectivity index (χ2n) is 7.49. The molecule has 0 atom stereocenters. The van der Waals surface area contributed by atoms with Crippen molar-refractivity contribution in [3.05, 3.63) is 71.3 Å². The summed E-state index contributed by atoms with van der Waals surface area (Å²) >= 11 is 0.